The van der Waals surface area contributed by atoms with E-state index in [0.29, 0.717) is 25.6 Å². The molecule has 0 radical (unpaired) electrons. The molecule has 0 spiro atoms. The third-order valence-electron chi connectivity index (χ3n) is 3.93. The van der Waals surface area contributed by atoms with Gasteiger partial charge in [0, 0.05) is 25.8 Å². The van der Waals surface area contributed by atoms with Gasteiger partial charge < -0.3 is 15.0 Å². The minimum atomic E-state index is -0.805. The zero-order valence-electron chi connectivity index (χ0n) is 14.1. The summed E-state index contributed by atoms with van der Waals surface area (Å²) in [5.41, 5.74) is -0.657. The van der Waals surface area contributed by atoms with Crippen molar-refractivity contribution in [3.8, 4) is 5.75 Å². The van der Waals surface area contributed by atoms with Gasteiger partial charge in [0.05, 0.1) is 6.61 Å². The Labute approximate surface area is 143 Å². The average molecular weight is 345 g/mol. The second-order valence-electron chi connectivity index (χ2n) is 5.47. The van der Waals surface area contributed by atoms with Crippen molar-refractivity contribution >= 4 is 17.5 Å². The third-order valence-corrected chi connectivity index (χ3v) is 3.93. The van der Waals surface area contributed by atoms with Crippen molar-refractivity contribution in [2.75, 3.05) is 25.1 Å². The van der Waals surface area contributed by atoms with Crippen molar-refractivity contribution in [3.05, 3.63) is 45.0 Å². The highest BCUT2D eigenvalue weighted by atomic mass is 16.5. The van der Waals surface area contributed by atoms with Gasteiger partial charge in [-0.3, -0.25) is 19.0 Å². The third kappa shape index (κ3) is 3.12. The van der Waals surface area contributed by atoms with Gasteiger partial charge in [-0.25, -0.2) is 4.68 Å². The molecule has 3 rings (SSSR count). The topological polar surface area (TPSA) is 98.5 Å². The minimum Gasteiger partial charge on any atom is -0.494 e. The molecule has 2 heterocycles. The van der Waals surface area contributed by atoms with E-state index < -0.39 is 17.0 Å². The van der Waals surface area contributed by atoms with Crippen LogP contribution in [0.1, 0.15) is 6.92 Å². The monoisotopic (exact) mass is 345 g/mol. The minimum absolute atomic E-state index is 0.296. The van der Waals surface area contributed by atoms with Gasteiger partial charge in [0.15, 0.2) is 0 Å². The molecule has 132 valence electrons. The number of carbonyl (C=O) groups excluding carboxylic acids is 1. The Morgan fingerprint density at radius 2 is 1.92 bits per heavy atom. The fraction of sp³-hybridized carbons (Fsp3) is 0.375. The van der Waals surface area contributed by atoms with Gasteiger partial charge in [0.1, 0.15) is 12.3 Å². The number of hydrogen-bond acceptors (Lipinski definition) is 6. The highest BCUT2D eigenvalue weighted by Crippen LogP contribution is 2.27. The lowest BCUT2D eigenvalue weighted by atomic mass is 10.3. The van der Waals surface area contributed by atoms with Gasteiger partial charge in [0.25, 0.3) is 0 Å². The molecule has 0 saturated carbocycles. The van der Waals surface area contributed by atoms with E-state index in [9.17, 15) is 14.4 Å². The van der Waals surface area contributed by atoms with E-state index >= 15 is 0 Å². The maximum Gasteiger partial charge on any atom is 0.333 e. The molecule has 0 atom stereocenters. The molecule has 1 aromatic carbocycles. The molecule has 1 amide bonds. The summed E-state index contributed by atoms with van der Waals surface area (Å²) in [6, 6.07) is 7.39. The highest BCUT2D eigenvalue weighted by molar-refractivity contribution is 5.75. The van der Waals surface area contributed by atoms with Gasteiger partial charge in [-0.15, -0.1) is 5.10 Å². The summed E-state index contributed by atoms with van der Waals surface area (Å²) >= 11 is 0. The van der Waals surface area contributed by atoms with E-state index in [-0.39, 0.29) is 6.54 Å². The number of hydrogen-bond donors (Lipinski definition) is 1. The molecule has 0 fully saturated rings. The van der Waals surface area contributed by atoms with Gasteiger partial charge >= 0.3 is 11.1 Å². The van der Waals surface area contributed by atoms with Crippen LogP contribution in [0, 0.1) is 0 Å². The van der Waals surface area contributed by atoms with Gasteiger partial charge in [-0.05, 0) is 31.2 Å². The molecule has 0 saturated heterocycles. The van der Waals surface area contributed by atoms with E-state index in [0.717, 1.165) is 16.1 Å². The van der Waals surface area contributed by atoms with Crippen LogP contribution in [0.2, 0.25) is 0 Å². The second kappa shape index (κ2) is 6.80. The summed E-state index contributed by atoms with van der Waals surface area (Å²) in [6.45, 7) is 3.07. The Bertz CT molecular complexity index is 900. The summed E-state index contributed by atoms with van der Waals surface area (Å²) in [5.74, 6) is 0.697. The van der Waals surface area contributed by atoms with Crippen molar-refractivity contribution < 1.29 is 9.53 Å². The molecular formula is C16H19N5O4. The Kier molecular flexibility index (Phi) is 4.55. The van der Waals surface area contributed by atoms with Crippen LogP contribution in [0.3, 0.4) is 0 Å². The molecule has 1 aliphatic rings. The van der Waals surface area contributed by atoms with Crippen molar-refractivity contribution in [1.29, 1.82) is 0 Å². The number of nitrogens with zero attached hydrogens (tertiary/aromatic N) is 4. The molecule has 25 heavy (non-hydrogen) atoms. The number of nitrogens with one attached hydrogen (secondary N) is 1. The van der Waals surface area contributed by atoms with Crippen LogP contribution in [-0.2, 0) is 17.9 Å². The molecule has 2 aromatic rings. The number of aromatic nitrogens is 3. The number of rotatable bonds is 5. The van der Waals surface area contributed by atoms with E-state index in [2.05, 4.69) is 10.4 Å². The first-order valence-electron chi connectivity index (χ1n) is 7.98. The zero-order valence-corrected chi connectivity index (χ0v) is 14.1. The summed E-state index contributed by atoms with van der Waals surface area (Å²) in [4.78, 5) is 37.7. The van der Waals surface area contributed by atoms with Crippen LogP contribution in [0.5, 0.6) is 5.75 Å². The Balaban J connectivity index is 1.99. The predicted molar refractivity (Wildman–Crippen MR) is 91.4 cm³/mol. The summed E-state index contributed by atoms with van der Waals surface area (Å²) in [5, 5.41) is 6.63. The van der Waals surface area contributed by atoms with E-state index in [1.54, 1.807) is 0 Å². The normalized spacial score (nSPS) is 12.8. The van der Waals surface area contributed by atoms with Crippen molar-refractivity contribution in [2.24, 2.45) is 0 Å². The van der Waals surface area contributed by atoms with Gasteiger partial charge in [-0.1, -0.05) is 0 Å². The van der Waals surface area contributed by atoms with E-state index in [1.165, 1.54) is 11.6 Å². The first-order valence-corrected chi connectivity index (χ1v) is 7.98. The van der Waals surface area contributed by atoms with Gasteiger partial charge in [-0.2, -0.15) is 0 Å². The standard InChI is InChI=1S/C16H19N5O4/c1-3-25-12-6-4-11(5-7-12)19-8-9-20-14(23)15(24)21(18-16(19)20)10-13(22)17-2/h4-7H,3,8-10H2,1-2H3,(H,17,22). The average Bonchev–Trinajstić information content (AvgIpc) is 3.04. The van der Waals surface area contributed by atoms with Gasteiger partial charge in [0.2, 0.25) is 11.9 Å². The molecule has 1 N–H and O–H groups in total. The number of amides is 1. The SMILES string of the molecule is CCOc1ccc(N2CCn3c2nn(CC(=O)NC)c(=O)c3=O)cc1. The lowest BCUT2D eigenvalue weighted by Crippen LogP contribution is -2.44. The zero-order chi connectivity index (χ0) is 18.0. The lowest BCUT2D eigenvalue weighted by molar-refractivity contribution is -0.121. The van der Waals surface area contributed by atoms with Crippen LogP contribution in [-0.4, -0.2) is 40.5 Å². The number of benzene rings is 1. The number of likely N-dealkylation sites (N-methyl/N-ethyl adjacent to an activating group) is 1. The van der Waals surface area contributed by atoms with E-state index in [4.69, 9.17) is 4.74 Å². The Hall–Kier alpha value is -3.10. The van der Waals surface area contributed by atoms with Crippen LogP contribution in [0.25, 0.3) is 0 Å². The number of carbonyl (C=O) groups is 1. The number of anilines is 2. The smallest absolute Gasteiger partial charge is 0.333 e. The first-order chi connectivity index (χ1) is 12.0. The number of fused-ring (bicyclic) bond motifs is 1. The quantitative estimate of drug-likeness (QED) is 0.747. The van der Waals surface area contributed by atoms with Crippen molar-refractivity contribution in [1.82, 2.24) is 19.7 Å². The van der Waals surface area contributed by atoms with Crippen LogP contribution >= 0.6 is 0 Å². The fourth-order valence-electron chi connectivity index (χ4n) is 2.68. The van der Waals surface area contributed by atoms with Crippen molar-refractivity contribution in [2.45, 2.75) is 20.0 Å². The molecule has 9 nitrogen and oxygen atoms in total. The molecule has 0 unspecified atom stereocenters. The summed E-state index contributed by atoms with van der Waals surface area (Å²) in [6.07, 6.45) is 0. The lowest BCUT2D eigenvalue weighted by Gasteiger charge is -2.18. The molecule has 0 bridgehead atoms. The van der Waals surface area contributed by atoms with E-state index in [1.807, 2.05) is 36.1 Å². The fourth-order valence-corrected chi connectivity index (χ4v) is 2.68. The summed E-state index contributed by atoms with van der Waals surface area (Å²) < 4.78 is 7.66. The van der Waals surface area contributed by atoms with Crippen LogP contribution in [0.15, 0.2) is 33.9 Å². The molecule has 0 aliphatic carbocycles. The Morgan fingerprint density at radius 1 is 1.20 bits per heavy atom. The van der Waals surface area contributed by atoms with Crippen molar-refractivity contribution in [3.63, 3.8) is 0 Å². The second-order valence-corrected chi connectivity index (χ2v) is 5.47. The molecule has 1 aromatic heterocycles. The largest absolute Gasteiger partial charge is 0.494 e. The highest BCUT2D eigenvalue weighted by Gasteiger charge is 2.26. The number of ether oxygens (including phenoxy) is 1. The predicted octanol–water partition coefficient (Wildman–Crippen LogP) is -0.299. The molecular weight excluding hydrogens is 326 g/mol. The molecule has 9 heteroatoms. The summed E-state index contributed by atoms with van der Waals surface area (Å²) in [7, 11) is 1.46. The van der Waals surface area contributed by atoms with Crippen LogP contribution in [0.4, 0.5) is 11.6 Å². The first kappa shape index (κ1) is 16.7. The molecule has 1 aliphatic heterocycles. The maximum atomic E-state index is 12.3. The Morgan fingerprint density at radius 3 is 2.56 bits per heavy atom. The maximum absolute atomic E-state index is 12.3. The van der Waals surface area contributed by atoms with Crippen LogP contribution < -0.4 is 26.1 Å².